The molecule has 0 bridgehead atoms. The molecule has 5 heteroatoms. The smallest absolute Gasteiger partial charge is 0.258 e. The predicted molar refractivity (Wildman–Crippen MR) is 97.8 cm³/mol. The van der Waals surface area contributed by atoms with Gasteiger partial charge in [0, 0.05) is 24.4 Å². The highest BCUT2D eigenvalue weighted by molar-refractivity contribution is 6.09. The van der Waals surface area contributed by atoms with Crippen LogP contribution >= 0.6 is 0 Å². The third-order valence-corrected chi connectivity index (χ3v) is 4.04. The van der Waals surface area contributed by atoms with Gasteiger partial charge in [-0.15, -0.1) is 0 Å². The van der Waals surface area contributed by atoms with E-state index in [-0.39, 0.29) is 5.91 Å². The number of hydrogen-bond donors (Lipinski definition) is 3. The molecule has 0 fully saturated rings. The first-order valence-corrected chi connectivity index (χ1v) is 7.80. The standard InChI is InChI=1S/C19H20N4O/c1-13-8-9-16-17(10-13)23(12-15(11-20)18(21-2)22-16)19(24)14-6-4-3-5-7-14/h3-11,20-22H,12H2,1-2H3. The van der Waals surface area contributed by atoms with Gasteiger partial charge in [0.15, 0.2) is 0 Å². The van der Waals surface area contributed by atoms with Crippen molar-refractivity contribution in [1.29, 1.82) is 5.41 Å². The Bertz CT molecular complexity index is 811. The van der Waals surface area contributed by atoms with Crippen LogP contribution in [0.2, 0.25) is 0 Å². The Balaban J connectivity index is 2.13. The van der Waals surface area contributed by atoms with Gasteiger partial charge in [-0.3, -0.25) is 4.79 Å². The third-order valence-electron chi connectivity index (χ3n) is 4.04. The first-order valence-electron chi connectivity index (χ1n) is 7.80. The van der Waals surface area contributed by atoms with Crippen LogP contribution in [0.15, 0.2) is 59.9 Å². The minimum Gasteiger partial charge on any atom is -0.374 e. The zero-order valence-corrected chi connectivity index (χ0v) is 13.8. The molecule has 122 valence electrons. The summed E-state index contributed by atoms with van der Waals surface area (Å²) < 4.78 is 0. The second-order valence-corrected chi connectivity index (χ2v) is 5.70. The fourth-order valence-electron chi connectivity index (χ4n) is 2.78. The van der Waals surface area contributed by atoms with Crippen LogP contribution in [0.4, 0.5) is 11.4 Å². The summed E-state index contributed by atoms with van der Waals surface area (Å²) in [5.74, 6) is 0.652. The third kappa shape index (κ3) is 2.88. The van der Waals surface area contributed by atoms with Gasteiger partial charge in [0.2, 0.25) is 0 Å². The number of carbonyl (C=O) groups is 1. The van der Waals surface area contributed by atoms with Gasteiger partial charge in [-0.1, -0.05) is 24.3 Å². The quantitative estimate of drug-likeness (QED) is 0.761. The largest absolute Gasteiger partial charge is 0.374 e. The molecule has 2 aromatic rings. The van der Waals surface area contributed by atoms with Gasteiger partial charge in [-0.05, 0) is 36.8 Å². The lowest BCUT2D eigenvalue weighted by molar-refractivity contribution is 0.0989. The Kier molecular flexibility index (Phi) is 4.33. The molecule has 0 atom stereocenters. The van der Waals surface area contributed by atoms with E-state index in [4.69, 9.17) is 5.41 Å². The summed E-state index contributed by atoms with van der Waals surface area (Å²) in [5.41, 5.74) is 4.07. The molecular weight excluding hydrogens is 300 g/mol. The zero-order chi connectivity index (χ0) is 17.1. The Morgan fingerprint density at radius 2 is 2.00 bits per heavy atom. The van der Waals surface area contributed by atoms with Gasteiger partial charge >= 0.3 is 0 Å². The molecule has 0 saturated carbocycles. The Morgan fingerprint density at radius 1 is 1.25 bits per heavy atom. The molecule has 3 N–H and O–H groups in total. The van der Waals surface area contributed by atoms with Gasteiger partial charge < -0.3 is 20.9 Å². The number of fused-ring (bicyclic) bond motifs is 1. The first-order chi connectivity index (χ1) is 11.6. The fourth-order valence-corrected chi connectivity index (χ4v) is 2.78. The average molecular weight is 320 g/mol. The van der Waals surface area contributed by atoms with Crippen molar-refractivity contribution in [3.8, 4) is 0 Å². The van der Waals surface area contributed by atoms with E-state index in [0.717, 1.165) is 28.3 Å². The average Bonchev–Trinajstić information content (AvgIpc) is 2.78. The van der Waals surface area contributed by atoms with E-state index in [2.05, 4.69) is 10.6 Å². The second-order valence-electron chi connectivity index (χ2n) is 5.70. The number of aryl methyl sites for hydroxylation is 1. The Morgan fingerprint density at radius 3 is 2.67 bits per heavy atom. The molecule has 0 unspecified atom stereocenters. The first kappa shape index (κ1) is 15.8. The van der Waals surface area contributed by atoms with Crippen molar-refractivity contribution in [2.75, 3.05) is 23.8 Å². The minimum absolute atomic E-state index is 0.0825. The van der Waals surface area contributed by atoms with E-state index in [1.807, 2.05) is 55.5 Å². The van der Waals surface area contributed by atoms with Crippen LogP contribution in [0.5, 0.6) is 0 Å². The van der Waals surface area contributed by atoms with Crippen molar-refractivity contribution in [2.24, 2.45) is 0 Å². The lowest BCUT2D eigenvalue weighted by Crippen LogP contribution is -2.33. The van der Waals surface area contributed by atoms with Crippen LogP contribution in [0.25, 0.3) is 0 Å². The highest BCUT2D eigenvalue weighted by atomic mass is 16.2. The molecule has 1 heterocycles. The molecule has 0 saturated heterocycles. The van der Waals surface area contributed by atoms with E-state index in [1.54, 1.807) is 11.9 Å². The molecule has 0 spiro atoms. The summed E-state index contributed by atoms with van der Waals surface area (Å²) >= 11 is 0. The van der Waals surface area contributed by atoms with Crippen molar-refractivity contribution in [3.05, 3.63) is 71.1 Å². The number of anilines is 2. The highest BCUT2D eigenvalue weighted by Gasteiger charge is 2.25. The second kappa shape index (κ2) is 6.58. The molecule has 5 nitrogen and oxygen atoms in total. The van der Waals surface area contributed by atoms with Crippen LogP contribution in [-0.2, 0) is 0 Å². The summed E-state index contributed by atoms with van der Waals surface area (Å²) in [6.07, 6.45) is 1.28. The van der Waals surface area contributed by atoms with Gasteiger partial charge in [0.25, 0.3) is 5.91 Å². The highest BCUT2D eigenvalue weighted by Crippen LogP contribution is 2.32. The summed E-state index contributed by atoms with van der Waals surface area (Å²) in [6.45, 7) is 2.33. The monoisotopic (exact) mass is 320 g/mol. The van der Waals surface area contributed by atoms with E-state index >= 15 is 0 Å². The lowest BCUT2D eigenvalue weighted by Gasteiger charge is -2.23. The minimum atomic E-state index is -0.0825. The lowest BCUT2D eigenvalue weighted by atomic mass is 10.1. The van der Waals surface area contributed by atoms with E-state index < -0.39 is 0 Å². The number of nitrogens with one attached hydrogen (secondary N) is 3. The van der Waals surface area contributed by atoms with E-state index in [1.165, 1.54) is 6.21 Å². The van der Waals surface area contributed by atoms with Gasteiger partial charge in [-0.25, -0.2) is 0 Å². The van der Waals surface area contributed by atoms with Crippen LogP contribution < -0.4 is 15.5 Å². The maximum atomic E-state index is 13.1. The van der Waals surface area contributed by atoms with Gasteiger partial charge in [0.1, 0.15) is 5.82 Å². The normalized spacial score (nSPS) is 13.7. The van der Waals surface area contributed by atoms with Gasteiger partial charge in [-0.2, -0.15) is 0 Å². The maximum Gasteiger partial charge on any atom is 0.258 e. The Labute approximate surface area is 141 Å². The number of nitrogens with zero attached hydrogens (tertiary/aromatic N) is 1. The number of hydrogen-bond acceptors (Lipinski definition) is 4. The van der Waals surface area contributed by atoms with Crippen LogP contribution in [-0.4, -0.2) is 25.7 Å². The fraction of sp³-hybridized carbons (Fsp3) is 0.158. The Hall–Kier alpha value is -3.08. The summed E-state index contributed by atoms with van der Waals surface area (Å²) in [4.78, 5) is 14.8. The van der Waals surface area contributed by atoms with Crippen LogP contribution in [0.1, 0.15) is 15.9 Å². The van der Waals surface area contributed by atoms with Crippen molar-refractivity contribution >= 4 is 23.5 Å². The van der Waals surface area contributed by atoms with Crippen molar-refractivity contribution in [1.82, 2.24) is 5.32 Å². The molecule has 2 aromatic carbocycles. The molecule has 0 aromatic heterocycles. The number of amides is 1. The number of benzene rings is 2. The van der Waals surface area contributed by atoms with Crippen molar-refractivity contribution in [3.63, 3.8) is 0 Å². The topological polar surface area (TPSA) is 68.2 Å². The van der Waals surface area contributed by atoms with E-state index in [9.17, 15) is 4.79 Å². The zero-order valence-electron chi connectivity index (χ0n) is 13.8. The summed E-state index contributed by atoms with van der Waals surface area (Å²) in [7, 11) is 1.80. The van der Waals surface area contributed by atoms with Crippen LogP contribution in [0, 0.1) is 12.3 Å². The SMILES string of the molecule is CNC1=C(C=N)CN(C(=O)c2ccccc2)c2cc(C)ccc2N1. The molecule has 3 rings (SSSR count). The van der Waals surface area contributed by atoms with E-state index in [0.29, 0.717) is 12.1 Å². The molecule has 1 amide bonds. The maximum absolute atomic E-state index is 13.1. The summed E-state index contributed by atoms with van der Waals surface area (Å²) in [6, 6.07) is 15.2. The molecule has 0 aliphatic carbocycles. The number of carbonyl (C=O) groups excluding carboxylic acids is 1. The van der Waals surface area contributed by atoms with Crippen LogP contribution in [0.3, 0.4) is 0 Å². The summed E-state index contributed by atoms with van der Waals surface area (Å²) in [5, 5.41) is 14.1. The molecule has 24 heavy (non-hydrogen) atoms. The molecule has 1 aliphatic rings. The molecule has 0 radical (unpaired) electrons. The number of rotatable bonds is 3. The van der Waals surface area contributed by atoms with Crippen molar-refractivity contribution < 1.29 is 4.79 Å². The predicted octanol–water partition coefficient (Wildman–Crippen LogP) is 3.15. The van der Waals surface area contributed by atoms with Gasteiger partial charge in [0.05, 0.1) is 17.9 Å². The van der Waals surface area contributed by atoms with Crippen molar-refractivity contribution in [2.45, 2.75) is 6.92 Å². The molecule has 1 aliphatic heterocycles. The molecular formula is C19H20N4O.